The summed E-state index contributed by atoms with van der Waals surface area (Å²) in [5.74, 6) is 1.28. The predicted octanol–water partition coefficient (Wildman–Crippen LogP) is 5.87. The molecule has 1 aliphatic rings. The largest absolute Gasteiger partial charge is 0.328 e. The normalized spacial score (nSPS) is 15.2. The molecule has 0 aliphatic carbocycles. The number of nitrogens with zero attached hydrogens (tertiary/aromatic N) is 3. The van der Waals surface area contributed by atoms with E-state index in [1.54, 1.807) is 23.1 Å². The lowest BCUT2D eigenvalue weighted by Gasteiger charge is -2.27. The molecule has 0 fully saturated rings. The summed E-state index contributed by atoms with van der Waals surface area (Å²) in [6, 6.07) is 21.7. The van der Waals surface area contributed by atoms with Crippen molar-refractivity contribution in [3.05, 3.63) is 99.4 Å². The van der Waals surface area contributed by atoms with Gasteiger partial charge in [0.1, 0.15) is 6.04 Å². The maximum absolute atomic E-state index is 13.5. The molecule has 0 unspecified atom stereocenters. The van der Waals surface area contributed by atoms with E-state index in [-0.39, 0.29) is 11.9 Å². The van der Waals surface area contributed by atoms with Crippen LogP contribution in [-0.4, -0.2) is 20.7 Å². The summed E-state index contributed by atoms with van der Waals surface area (Å²) >= 11 is 3.19. The zero-order chi connectivity index (χ0) is 22.8. The number of para-hydroxylation sites is 1. The number of hydrogen-bond donors (Lipinski definition) is 2. The molecule has 1 amide bonds. The fourth-order valence-corrected chi connectivity index (χ4v) is 5.42. The third-order valence-electron chi connectivity index (χ3n) is 5.49. The Bertz CT molecular complexity index is 1310. The van der Waals surface area contributed by atoms with E-state index in [2.05, 4.69) is 22.8 Å². The SMILES string of the molecule is CC1=C(C(=O)Nc2ccccc2C)[C@@H](c2cccs2)n2nc(SCc3ccccc3)nc2N1. The van der Waals surface area contributed by atoms with Crippen LogP contribution >= 0.6 is 23.1 Å². The molecule has 6 nitrogen and oxygen atoms in total. The second-order valence-electron chi connectivity index (χ2n) is 7.79. The maximum atomic E-state index is 13.5. The molecule has 0 saturated heterocycles. The van der Waals surface area contributed by atoms with Crippen molar-refractivity contribution < 1.29 is 4.79 Å². The number of thiophene rings is 1. The van der Waals surface area contributed by atoms with Gasteiger partial charge in [0.05, 0.1) is 5.57 Å². The van der Waals surface area contributed by atoms with Gasteiger partial charge in [0.15, 0.2) is 0 Å². The van der Waals surface area contributed by atoms with Gasteiger partial charge in [-0.3, -0.25) is 4.79 Å². The van der Waals surface area contributed by atoms with E-state index in [9.17, 15) is 4.79 Å². The van der Waals surface area contributed by atoms with Gasteiger partial charge in [-0.05, 0) is 42.5 Å². The lowest BCUT2D eigenvalue weighted by atomic mass is 10.0. The van der Waals surface area contributed by atoms with Crippen molar-refractivity contribution in [3.8, 4) is 0 Å². The zero-order valence-electron chi connectivity index (χ0n) is 18.3. The average molecular weight is 474 g/mol. The molecule has 0 spiro atoms. The Morgan fingerprint density at radius 2 is 1.88 bits per heavy atom. The van der Waals surface area contributed by atoms with Crippen molar-refractivity contribution in [1.82, 2.24) is 14.8 Å². The van der Waals surface area contributed by atoms with Crippen molar-refractivity contribution >= 4 is 40.6 Å². The second-order valence-corrected chi connectivity index (χ2v) is 9.71. The minimum Gasteiger partial charge on any atom is -0.328 e. The van der Waals surface area contributed by atoms with Gasteiger partial charge in [0.2, 0.25) is 11.1 Å². The van der Waals surface area contributed by atoms with Crippen LogP contribution in [0.5, 0.6) is 0 Å². The zero-order valence-corrected chi connectivity index (χ0v) is 19.9. The molecule has 2 aromatic heterocycles. The highest BCUT2D eigenvalue weighted by Gasteiger charge is 2.35. The number of allylic oxidation sites excluding steroid dienone is 1. The first-order valence-electron chi connectivity index (χ1n) is 10.6. The van der Waals surface area contributed by atoms with Crippen LogP contribution in [-0.2, 0) is 10.5 Å². The topological polar surface area (TPSA) is 71.8 Å². The van der Waals surface area contributed by atoms with Crippen molar-refractivity contribution in [1.29, 1.82) is 0 Å². The smallest absolute Gasteiger partial charge is 0.255 e. The molecule has 2 N–H and O–H groups in total. The summed E-state index contributed by atoms with van der Waals surface area (Å²) in [6.07, 6.45) is 0. The molecule has 5 rings (SSSR count). The second kappa shape index (κ2) is 9.25. The molecule has 0 saturated carbocycles. The third kappa shape index (κ3) is 4.44. The van der Waals surface area contributed by atoms with E-state index in [1.165, 1.54) is 5.56 Å². The number of nitrogens with one attached hydrogen (secondary N) is 2. The van der Waals surface area contributed by atoms with E-state index in [4.69, 9.17) is 10.1 Å². The monoisotopic (exact) mass is 473 g/mol. The van der Waals surface area contributed by atoms with Crippen LogP contribution in [0, 0.1) is 6.92 Å². The van der Waals surface area contributed by atoms with Gasteiger partial charge in [0, 0.05) is 22.0 Å². The van der Waals surface area contributed by atoms with Crippen molar-refractivity contribution in [2.24, 2.45) is 0 Å². The van der Waals surface area contributed by atoms with E-state index < -0.39 is 0 Å². The Balaban J connectivity index is 1.46. The number of thioether (sulfide) groups is 1. The van der Waals surface area contributed by atoms with Gasteiger partial charge < -0.3 is 10.6 Å². The molecule has 166 valence electrons. The van der Waals surface area contributed by atoms with Gasteiger partial charge >= 0.3 is 0 Å². The molecule has 8 heteroatoms. The molecule has 0 radical (unpaired) electrons. The highest BCUT2D eigenvalue weighted by atomic mass is 32.2. The summed E-state index contributed by atoms with van der Waals surface area (Å²) in [6.45, 7) is 3.90. The summed E-state index contributed by atoms with van der Waals surface area (Å²) in [5, 5.41) is 13.9. The standard InChI is InChI=1S/C25H23N5OS2/c1-16-9-6-7-12-19(16)27-23(31)21-17(2)26-24-28-25(33-15-18-10-4-3-5-11-18)29-30(24)22(21)20-13-8-14-32-20/h3-14,22H,15H2,1-2H3,(H,27,31)(H,26,28,29)/t22-/m1/s1. The summed E-state index contributed by atoms with van der Waals surface area (Å²) < 4.78 is 1.83. The van der Waals surface area contributed by atoms with Crippen LogP contribution < -0.4 is 10.6 Å². The molecule has 33 heavy (non-hydrogen) atoms. The number of aryl methyl sites for hydroxylation is 1. The first-order chi connectivity index (χ1) is 16.1. The quantitative estimate of drug-likeness (QED) is 0.343. The van der Waals surface area contributed by atoms with Crippen molar-refractivity contribution in [2.75, 3.05) is 10.6 Å². The van der Waals surface area contributed by atoms with Gasteiger partial charge in [-0.25, -0.2) is 4.68 Å². The molecule has 3 heterocycles. The average Bonchev–Trinajstić information content (AvgIpc) is 3.49. The molecule has 2 aromatic carbocycles. The summed E-state index contributed by atoms with van der Waals surface area (Å²) in [5.41, 5.74) is 4.44. The van der Waals surface area contributed by atoms with Crippen LogP contribution in [0.4, 0.5) is 11.6 Å². The Labute approximate surface area is 200 Å². The van der Waals surface area contributed by atoms with Crippen LogP contribution in [0.15, 0.2) is 88.5 Å². The van der Waals surface area contributed by atoms with E-state index in [1.807, 2.05) is 78.5 Å². The number of anilines is 2. The van der Waals surface area contributed by atoms with Crippen LogP contribution in [0.1, 0.15) is 29.0 Å². The van der Waals surface area contributed by atoms with Crippen LogP contribution in [0.2, 0.25) is 0 Å². The number of carbonyl (C=O) groups excluding carboxylic acids is 1. The minimum absolute atomic E-state index is 0.146. The molecular formula is C25H23N5OS2. The predicted molar refractivity (Wildman–Crippen MR) is 135 cm³/mol. The molecule has 0 bridgehead atoms. The highest BCUT2D eigenvalue weighted by molar-refractivity contribution is 7.98. The minimum atomic E-state index is -0.344. The fraction of sp³-hybridized carbons (Fsp3) is 0.160. The number of fused-ring (bicyclic) bond motifs is 1. The first kappa shape index (κ1) is 21.5. The van der Waals surface area contributed by atoms with Crippen molar-refractivity contribution in [2.45, 2.75) is 30.8 Å². The Morgan fingerprint density at radius 3 is 2.64 bits per heavy atom. The summed E-state index contributed by atoms with van der Waals surface area (Å²) in [7, 11) is 0. The van der Waals surface area contributed by atoms with Crippen LogP contribution in [0.25, 0.3) is 0 Å². The Morgan fingerprint density at radius 1 is 1.09 bits per heavy atom. The van der Waals surface area contributed by atoms with E-state index in [0.29, 0.717) is 16.7 Å². The molecular weight excluding hydrogens is 450 g/mol. The maximum Gasteiger partial charge on any atom is 0.255 e. The number of benzene rings is 2. The number of rotatable bonds is 6. The van der Waals surface area contributed by atoms with E-state index in [0.717, 1.165) is 27.6 Å². The van der Waals surface area contributed by atoms with Gasteiger partial charge in [0.25, 0.3) is 5.91 Å². The van der Waals surface area contributed by atoms with E-state index >= 15 is 0 Å². The van der Waals surface area contributed by atoms with Gasteiger partial charge in [-0.1, -0.05) is 66.4 Å². The fourth-order valence-electron chi connectivity index (χ4n) is 3.82. The Kier molecular flexibility index (Phi) is 6.02. The van der Waals surface area contributed by atoms with Crippen LogP contribution in [0.3, 0.4) is 0 Å². The Hall–Kier alpha value is -3.36. The highest BCUT2D eigenvalue weighted by Crippen LogP contribution is 2.38. The van der Waals surface area contributed by atoms with Gasteiger partial charge in [-0.15, -0.1) is 16.4 Å². The third-order valence-corrected chi connectivity index (χ3v) is 7.33. The number of hydrogen-bond acceptors (Lipinski definition) is 6. The first-order valence-corrected chi connectivity index (χ1v) is 12.5. The molecule has 1 atom stereocenters. The summed E-state index contributed by atoms with van der Waals surface area (Å²) in [4.78, 5) is 19.2. The lowest BCUT2D eigenvalue weighted by Crippen LogP contribution is -2.31. The number of carbonyl (C=O) groups is 1. The van der Waals surface area contributed by atoms with Gasteiger partial charge in [-0.2, -0.15) is 4.98 Å². The van der Waals surface area contributed by atoms with Crippen molar-refractivity contribution in [3.63, 3.8) is 0 Å². The lowest BCUT2D eigenvalue weighted by molar-refractivity contribution is -0.113. The number of amides is 1. The number of aromatic nitrogens is 3. The molecule has 1 aliphatic heterocycles. The molecule has 4 aromatic rings.